The van der Waals surface area contributed by atoms with Crippen LogP contribution in [-0.4, -0.2) is 33.1 Å². The summed E-state index contributed by atoms with van der Waals surface area (Å²) in [4.78, 5) is 10.4. The number of hydrogen-bond acceptors (Lipinski definition) is 6. The normalized spacial score (nSPS) is 10.9. The van der Waals surface area contributed by atoms with Crippen LogP contribution in [0.2, 0.25) is 0 Å². The number of nitro groups is 1. The molecule has 0 atom stereocenters. The van der Waals surface area contributed by atoms with Crippen molar-refractivity contribution in [2.24, 2.45) is 5.10 Å². The highest BCUT2D eigenvalue weighted by molar-refractivity contribution is 7.71. The van der Waals surface area contributed by atoms with Crippen LogP contribution in [0.1, 0.15) is 5.56 Å². The molecule has 0 saturated heterocycles. The van der Waals surface area contributed by atoms with Gasteiger partial charge in [0.25, 0.3) is 5.69 Å². The Morgan fingerprint density at radius 1 is 1.32 bits per heavy atom. The minimum Gasteiger partial charge on any atom is -0.496 e. The Kier molecular flexibility index (Phi) is 4.66. The van der Waals surface area contributed by atoms with Crippen LogP contribution in [0.4, 0.5) is 5.69 Å². The van der Waals surface area contributed by atoms with Crippen LogP contribution in [0, 0.1) is 14.9 Å². The summed E-state index contributed by atoms with van der Waals surface area (Å²) in [6.07, 6.45) is 1.48. The van der Waals surface area contributed by atoms with Gasteiger partial charge in [-0.1, -0.05) is 24.3 Å². The lowest BCUT2D eigenvalue weighted by atomic mass is 10.2. The van der Waals surface area contributed by atoms with E-state index in [4.69, 9.17) is 17.0 Å². The van der Waals surface area contributed by atoms with Crippen LogP contribution < -0.4 is 4.74 Å². The van der Waals surface area contributed by atoms with Gasteiger partial charge >= 0.3 is 0 Å². The van der Waals surface area contributed by atoms with Crippen LogP contribution in [0.3, 0.4) is 0 Å². The molecule has 0 aliphatic carbocycles. The number of rotatable bonds is 5. The van der Waals surface area contributed by atoms with Crippen LogP contribution in [0.15, 0.2) is 53.6 Å². The highest BCUT2D eigenvalue weighted by atomic mass is 32.1. The van der Waals surface area contributed by atoms with Crippen LogP contribution >= 0.6 is 12.2 Å². The zero-order valence-corrected chi connectivity index (χ0v) is 13.9. The van der Waals surface area contributed by atoms with Crippen molar-refractivity contribution in [3.63, 3.8) is 0 Å². The van der Waals surface area contributed by atoms with E-state index in [9.17, 15) is 10.1 Å². The molecular formula is C16H13N5O3S. The minimum absolute atomic E-state index is 0.00954. The molecule has 1 N–H and O–H groups in total. The molecule has 0 bridgehead atoms. The maximum atomic E-state index is 10.9. The van der Waals surface area contributed by atoms with Crippen molar-refractivity contribution in [3.8, 4) is 17.1 Å². The summed E-state index contributed by atoms with van der Waals surface area (Å²) >= 11 is 5.22. The van der Waals surface area contributed by atoms with Crippen molar-refractivity contribution in [2.75, 3.05) is 7.11 Å². The number of nitrogens with one attached hydrogen (secondary N) is 1. The Balaban J connectivity index is 2.02. The topological polar surface area (TPSA) is 98.3 Å². The first kappa shape index (κ1) is 16.5. The van der Waals surface area contributed by atoms with E-state index in [1.165, 1.54) is 23.0 Å². The van der Waals surface area contributed by atoms with Gasteiger partial charge in [0.1, 0.15) is 5.75 Å². The Hall–Kier alpha value is -3.33. The summed E-state index contributed by atoms with van der Waals surface area (Å²) in [6, 6.07) is 13.5. The molecule has 25 heavy (non-hydrogen) atoms. The molecule has 0 radical (unpaired) electrons. The number of benzene rings is 2. The summed E-state index contributed by atoms with van der Waals surface area (Å²) in [7, 11) is 1.57. The van der Waals surface area contributed by atoms with E-state index >= 15 is 0 Å². The summed E-state index contributed by atoms with van der Waals surface area (Å²) in [5.41, 5.74) is 1.28. The molecule has 0 saturated carbocycles. The fourth-order valence-electron chi connectivity index (χ4n) is 2.25. The van der Waals surface area contributed by atoms with E-state index in [1.807, 2.05) is 24.3 Å². The third-order valence-electron chi connectivity index (χ3n) is 3.40. The summed E-state index contributed by atoms with van der Waals surface area (Å²) in [5.74, 6) is 1.10. The van der Waals surface area contributed by atoms with Crippen molar-refractivity contribution in [1.29, 1.82) is 0 Å². The molecule has 1 heterocycles. The molecule has 9 heteroatoms. The first-order valence-electron chi connectivity index (χ1n) is 7.20. The molecule has 3 rings (SSSR count). The number of nitro benzene ring substituents is 1. The lowest BCUT2D eigenvalue weighted by Crippen LogP contribution is -1.97. The van der Waals surface area contributed by atoms with E-state index in [1.54, 1.807) is 19.2 Å². The van der Waals surface area contributed by atoms with Crippen LogP contribution in [-0.2, 0) is 0 Å². The number of H-pyrrole nitrogens is 1. The van der Waals surface area contributed by atoms with Gasteiger partial charge in [0.2, 0.25) is 4.77 Å². The molecule has 0 amide bonds. The standard InChI is InChI=1S/C16H13N5O3S/c1-24-14-8-3-2-7-13(14)15-18-19-16(25)20(15)17-10-11-5-4-6-12(9-11)21(22)23/h2-10H,1H3,(H,19,25)/b17-10-. The molecule has 1 aromatic heterocycles. The second-order valence-corrected chi connectivity index (χ2v) is 5.35. The maximum Gasteiger partial charge on any atom is 0.270 e. The van der Waals surface area contributed by atoms with Crippen molar-refractivity contribution in [2.45, 2.75) is 0 Å². The Labute approximate surface area is 147 Å². The zero-order chi connectivity index (χ0) is 17.8. The second kappa shape index (κ2) is 7.05. The summed E-state index contributed by atoms with van der Waals surface area (Å²) < 4.78 is 7.07. The molecule has 0 spiro atoms. The highest BCUT2D eigenvalue weighted by Gasteiger charge is 2.13. The Morgan fingerprint density at radius 2 is 2.12 bits per heavy atom. The van der Waals surface area contributed by atoms with E-state index in [-0.39, 0.29) is 5.69 Å². The molecule has 126 valence electrons. The van der Waals surface area contributed by atoms with Crippen molar-refractivity contribution in [3.05, 3.63) is 69.0 Å². The Morgan fingerprint density at radius 3 is 2.88 bits per heavy atom. The number of non-ortho nitro benzene ring substituents is 1. The molecule has 8 nitrogen and oxygen atoms in total. The van der Waals surface area contributed by atoms with Gasteiger partial charge in [-0.25, -0.2) is 5.10 Å². The fraction of sp³-hybridized carbons (Fsp3) is 0.0625. The summed E-state index contributed by atoms with van der Waals surface area (Å²) in [5, 5.41) is 22.1. The number of hydrogen-bond donors (Lipinski definition) is 1. The minimum atomic E-state index is -0.457. The number of aromatic amines is 1. The smallest absolute Gasteiger partial charge is 0.270 e. The largest absolute Gasteiger partial charge is 0.496 e. The van der Waals surface area contributed by atoms with Crippen LogP contribution in [0.5, 0.6) is 5.75 Å². The molecule has 2 aromatic carbocycles. The molecule has 0 aliphatic heterocycles. The van der Waals surface area contributed by atoms with Gasteiger partial charge in [0, 0.05) is 17.7 Å². The first-order valence-corrected chi connectivity index (χ1v) is 7.60. The number of ether oxygens (including phenoxy) is 1. The molecule has 0 unspecified atom stereocenters. The fourth-order valence-corrected chi connectivity index (χ4v) is 2.42. The van der Waals surface area contributed by atoms with E-state index in [0.29, 0.717) is 27.5 Å². The molecule has 3 aromatic rings. The first-order chi connectivity index (χ1) is 12.1. The summed E-state index contributed by atoms with van der Waals surface area (Å²) in [6.45, 7) is 0. The lowest BCUT2D eigenvalue weighted by Gasteiger charge is -2.06. The SMILES string of the molecule is COc1ccccc1-c1n[nH]c(=S)n1/N=C\c1cccc([N+](=O)[O-])c1. The molecule has 0 aliphatic rings. The Bertz CT molecular complexity index is 1010. The maximum absolute atomic E-state index is 10.9. The number of aromatic nitrogens is 3. The van der Waals surface area contributed by atoms with Crippen molar-refractivity contribution >= 4 is 24.1 Å². The van der Waals surface area contributed by atoms with Gasteiger partial charge in [-0.2, -0.15) is 14.9 Å². The lowest BCUT2D eigenvalue weighted by molar-refractivity contribution is -0.384. The highest BCUT2D eigenvalue weighted by Crippen LogP contribution is 2.28. The third kappa shape index (κ3) is 3.45. The van der Waals surface area contributed by atoms with E-state index in [2.05, 4.69) is 15.3 Å². The van der Waals surface area contributed by atoms with Crippen molar-refractivity contribution < 1.29 is 9.66 Å². The van der Waals surface area contributed by atoms with E-state index in [0.717, 1.165) is 0 Å². The predicted octanol–water partition coefficient (Wildman–Crippen LogP) is 3.41. The molecular weight excluding hydrogens is 342 g/mol. The number of nitrogens with zero attached hydrogens (tertiary/aromatic N) is 4. The van der Waals surface area contributed by atoms with Gasteiger partial charge in [0.15, 0.2) is 5.82 Å². The number of methoxy groups -OCH3 is 1. The monoisotopic (exact) mass is 355 g/mol. The average molecular weight is 355 g/mol. The quantitative estimate of drug-likeness (QED) is 0.327. The van der Waals surface area contributed by atoms with Gasteiger partial charge in [-0.3, -0.25) is 10.1 Å². The van der Waals surface area contributed by atoms with Crippen LogP contribution in [0.25, 0.3) is 11.4 Å². The average Bonchev–Trinajstić information content (AvgIpc) is 3.00. The zero-order valence-electron chi connectivity index (χ0n) is 13.1. The van der Waals surface area contributed by atoms with Gasteiger partial charge in [-0.05, 0) is 24.4 Å². The van der Waals surface area contributed by atoms with E-state index < -0.39 is 4.92 Å². The third-order valence-corrected chi connectivity index (χ3v) is 3.67. The molecule has 0 fully saturated rings. The predicted molar refractivity (Wildman–Crippen MR) is 95.5 cm³/mol. The second-order valence-electron chi connectivity index (χ2n) is 4.96. The van der Waals surface area contributed by atoms with Gasteiger partial charge in [-0.15, -0.1) is 0 Å². The van der Waals surface area contributed by atoms with Gasteiger partial charge in [0.05, 0.1) is 23.8 Å². The van der Waals surface area contributed by atoms with Crippen molar-refractivity contribution in [1.82, 2.24) is 14.9 Å². The number of para-hydroxylation sites is 1. The van der Waals surface area contributed by atoms with Gasteiger partial charge < -0.3 is 4.74 Å².